The van der Waals surface area contributed by atoms with Crippen molar-refractivity contribution in [2.24, 2.45) is 0 Å². The maximum Gasteiger partial charge on any atom is 0.305 e. The number of ether oxygens (including phenoxy) is 3. The van der Waals surface area contributed by atoms with E-state index in [9.17, 15) is 35.1 Å². The Hall–Kier alpha value is -1.86. The van der Waals surface area contributed by atoms with Crippen molar-refractivity contribution >= 4 is 11.9 Å². The van der Waals surface area contributed by atoms with Crippen LogP contribution in [-0.4, -0.2) is 100 Å². The van der Waals surface area contributed by atoms with Gasteiger partial charge in [0.05, 0.1) is 32.0 Å². The van der Waals surface area contributed by atoms with E-state index >= 15 is 0 Å². The van der Waals surface area contributed by atoms with Crippen LogP contribution in [0.1, 0.15) is 290 Å². The highest BCUT2D eigenvalue weighted by Gasteiger charge is 2.44. The van der Waals surface area contributed by atoms with E-state index < -0.39 is 49.5 Å². The monoisotopic (exact) mass is 1020 g/mol. The molecule has 1 saturated heterocycles. The number of esters is 1. The van der Waals surface area contributed by atoms with E-state index in [2.05, 4.69) is 31.3 Å². The predicted octanol–water partition coefficient (Wildman–Crippen LogP) is 14.1. The second-order valence-electron chi connectivity index (χ2n) is 21.4. The second kappa shape index (κ2) is 51.3. The first-order valence-electron chi connectivity index (χ1n) is 30.6. The van der Waals surface area contributed by atoms with E-state index in [-0.39, 0.29) is 18.5 Å². The fraction of sp³-hybridized carbons (Fsp3) is 0.902. The van der Waals surface area contributed by atoms with Gasteiger partial charge < -0.3 is 45.1 Å². The van der Waals surface area contributed by atoms with Crippen LogP contribution in [0.4, 0.5) is 0 Å². The number of aliphatic hydroxyl groups is 5. The van der Waals surface area contributed by atoms with E-state index in [1.807, 2.05) is 6.08 Å². The van der Waals surface area contributed by atoms with Gasteiger partial charge in [-0.15, -0.1) is 0 Å². The molecule has 1 fully saturated rings. The maximum absolute atomic E-state index is 13.0. The van der Waals surface area contributed by atoms with Crippen LogP contribution in [0.5, 0.6) is 0 Å². The lowest BCUT2D eigenvalue weighted by atomic mass is 9.99. The van der Waals surface area contributed by atoms with Gasteiger partial charge in [0.25, 0.3) is 0 Å². The highest BCUT2D eigenvalue weighted by atomic mass is 16.7. The Morgan fingerprint density at radius 3 is 1.33 bits per heavy atom. The molecule has 0 saturated carbocycles. The summed E-state index contributed by atoms with van der Waals surface area (Å²) in [4.78, 5) is 25.1. The summed E-state index contributed by atoms with van der Waals surface area (Å²) in [6, 6.07) is -0.815. The number of hydrogen-bond acceptors (Lipinski definition) is 10. The van der Waals surface area contributed by atoms with Crippen LogP contribution in [-0.2, 0) is 23.8 Å². The zero-order valence-corrected chi connectivity index (χ0v) is 46.7. The summed E-state index contributed by atoms with van der Waals surface area (Å²) in [5.74, 6) is -0.200. The third kappa shape index (κ3) is 40.5. The highest BCUT2D eigenvalue weighted by Crippen LogP contribution is 2.23. The van der Waals surface area contributed by atoms with Gasteiger partial charge in [-0.1, -0.05) is 244 Å². The summed E-state index contributed by atoms with van der Waals surface area (Å²) in [6.45, 7) is 4.31. The maximum atomic E-state index is 13.0. The SMILES string of the molecule is CCCCCCCCC/C=C/C(O)C(COC1OC(CO)C(O)C(O)C1O)NC(=O)CCCCCCCCC/C=C\CCCCCCCCCCOC(=O)CCCCCCCCCCCCCCCCCC. The molecular formula is C61H115NO10. The molecule has 11 heteroatoms. The van der Waals surface area contributed by atoms with Crippen LogP contribution >= 0.6 is 0 Å². The fourth-order valence-electron chi connectivity index (χ4n) is 9.67. The number of nitrogens with one attached hydrogen (secondary N) is 1. The number of allylic oxidation sites excluding steroid dienone is 3. The Kier molecular flexibility index (Phi) is 48.5. The lowest BCUT2D eigenvalue weighted by Gasteiger charge is -2.40. The molecule has 1 aliphatic rings. The van der Waals surface area contributed by atoms with Crippen molar-refractivity contribution in [1.82, 2.24) is 5.32 Å². The van der Waals surface area contributed by atoms with Crippen LogP contribution in [0.2, 0.25) is 0 Å². The lowest BCUT2D eigenvalue weighted by molar-refractivity contribution is -0.302. The zero-order valence-electron chi connectivity index (χ0n) is 46.7. The Morgan fingerprint density at radius 2 is 0.889 bits per heavy atom. The Labute approximate surface area is 441 Å². The molecule has 0 radical (unpaired) electrons. The Bertz CT molecular complexity index is 1250. The van der Waals surface area contributed by atoms with E-state index in [0.29, 0.717) is 19.4 Å². The third-order valence-electron chi connectivity index (χ3n) is 14.6. The molecular weight excluding hydrogens is 907 g/mol. The molecule has 0 aromatic rings. The number of amides is 1. The van der Waals surface area contributed by atoms with Crippen molar-refractivity contribution in [3.63, 3.8) is 0 Å². The number of unbranched alkanes of at least 4 members (excludes halogenated alkanes) is 37. The van der Waals surface area contributed by atoms with Gasteiger partial charge in [0.1, 0.15) is 24.4 Å². The largest absolute Gasteiger partial charge is 0.466 e. The number of hydrogen-bond donors (Lipinski definition) is 6. The summed E-state index contributed by atoms with van der Waals surface area (Å²) in [5, 5.41) is 54.2. The smallest absolute Gasteiger partial charge is 0.305 e. The fourth-order valence-corrected chi connectivity index (χ4v) is 9.67. The van der Waals surface area contributed by atoms with Crippen molar-refractivity contribution in [1.29, 1.82) is 0 Å². The number of carbonyl (C=O) groups is 2. The summed E-state index contributed by atoms with van der Waals surface area (Å²) in [6.07, 6.45) is 51.4. The van der Waals surface area contributed by atoms with Crippen LogP contribution in [0.15, 0.2) is 24.3 Å². The minimum absolute atomic E-state index is 0.00741. The molecule has 72 heavy (non-hydrogen) atoms. The molecule has 0 spiro atoms. The molecule has 1 rings (SSSR count). The number of rotatable bonds is 53. The van der Waals surface area contributed by atoms with Crippen LogP contribution in [0, 0.1) is 0 Å². The molecule has 6 N–H and O–H groups in total. The van der Waals surface area contributed by atoms with Gasteiger partial charge in [-0.2, -0.15) is 0 Å². The molecule has 0 aromatic heterocycles. The van der Waals surface area contributed by atoms with Crippen molar-refractivity contribution in [2.45, 2.75) is 333 Å². The first-order chi connectivity index (χ1) is 35.2. The van der Waals surface area contributed by atoms with Gasteiger partial charge in [-0.05, 0) is 57.8 Å². The molecule has 0 aromatic carbocycles. The molecule has 1 aliphatic heterocycles. The molecule has 0 bridgehead atoms. The summed E-state index contributed by atoms with van der Waals surface area (Å²) in [5.41, 5.74) is 0. The van der Waals surface area contributed by atoms with Crippen molar-refractivity contribution in [3.05, 3.63) is 24.3 Å². The number of aliphatic hydroxyl groups excluding tert-OH is 5. The lowest BCUT2D eigenvalue weighted by Crippen LogP contribution is -2.60. The molecule has 11 nitrogen and oxygen atoms in total. The van der Waals surface area contributed by atoms with E-state index in [1.165, 1.54) is 186 Å². The quantitative estimate of drug-likeness (QED) is 0.0195. The minimum atomic E-state index is -1.57. The summed E-state index contributed by atoms with van der Waals surface area (Å²) < 4.78 is 16.7. The van der Waals surface area contributed by atoms with Crippen molar-refractivity contribution < 1.29 is 49.3 Å². The van der Waals surface area contributed by atoms with Gasteiger partial charge in [-0.25, -0.2) is 0 Å². The van der Waals surface area contributed by atoms with Crippen LogP contribution in [0.25, 0.3) is 0 Å². The van der Waals surface area contributed by atoms with Gasteiger partial charge in [-0.3, -0.25) is 9.59 Å². The van der Waals surface area contributed by atoms with E-state index in [4.69, 9.17) is 14.2 Å². The summed E-state index contributed by atoms with van der Waals surface area (Å²) in [7, 11) is 0. The normalized spacial score (nSPS) is 19.1. The van der Waals surface area contributed by atoms with E-state index in [0.717, 1.165) is 77.0 Å². The van der Waals surface area contributed by atoms with Crippen LogP contribution in [0.3, 0.4) is 0 Å². The van der Waals surface area contributed by atoms with Gasteiger partial charge >= 0.3 is 5.97 Å². The Morgan fingerprint density at radius 1 is 0.500 bits per heavy atom. The second-order valence-corrected chi connectivity index (χ2v) is 21.4. The summed E-state index contributed by atoms with van der Waals surface area (Å²) >= 11 is 0. The molecule has 7 atom stereocenters. The molecule has 7 unspecified atom stereocenters. The van der Waals surface area contributed by atoms with Gasteiger partial charge in [0, 0.05) is 12.8 Å². The van der Waals surface area contributed by atoms with Gasteiger partial charge in [0.2, 0.25) is 5.91 Å². The minimum Gasteiger partial charge on any atom is -0.466 e. The zero-order chi connectivity index (χ0) is 52.4. The topological polar surface area (TPSA) is 175 Å². The molecule has 0 aliphatic carbocycles. The first kappa shape index (κ1) is 68.2. The highest BCUT2D eigenvalue weighted by molar-refractivity contribution is 5.76. The standard InChI is InChI=1S/C61H115NO10/c1-3-5-7-9-11-13-14-15-16-23-26-29-33-37-41-45-49-57(66)70-50-46-42-38-34-30-27-24-21-19-17-18-20-22-25-28-32-36-40-44-48-56(65)62-53(54(64)47-43-39-35-31-12-10-8-6-4-2)52-71-61-60(69)59(68)58(67)55(51-63)72-61/h17-18,43,47,53-55,58-61,63-64,67-69H,3-16,19-42,44-46,48-52H2,1-2H3,(H,62,65)/b18-17-,47-43+. The van der Waals surface area contributed by atoms with E-state index in [1.54, 1.807) is 6.08 Å². The van der Waals surface area contributed by atoms with Crippen molar-refractivity contribution in [3.8, 4) is 0 Å². The number of carbonyl (C=O) groups excluding carboxylic acids is 2. The Balaban J connectivity index is 2.01. The average molecular weight is 1020 g/mol. The molecule has 424 valence electrons. The molecule has 1 amide bonds. The molecule has 1 heterocycles. The van der Waals surface area contributed by atoms with Crippen LogP contribution < -0.4 is 5.32 Å². The predicted molar refractivity (Wildman–Crippen MR) is 297 cm³/mol. The van der Waals surface area contributed by atoms with Gasteiger partial charge in [0.15, 0.2) is 6.29 Å². The first-order valence-corrected chi connectivity index (χ1v) is 30.6. The van der Waals surface area contributed by atoms with Crippen molar-refractivity contribution in [2.75, 3.05) is 19.8 Å². The average Bonchev–Trinajstić information content (AvgIpc) is 3.38. The third-order valence-corrected chi connectivity index (χ3v) is 14.6.